The van der Waals surface area contributed by atoms with Crippen LogP contribution in [0.1, 0.15) is 26.4 Å². The molecule has 1 heterocycles. The van der Waals surface area contributed by atoms with Gasteiger partial charge in [0, 0.05) is 12.0 Å². The number of carboxylic acid groups (broad SMARTS) is 1. The van der Waals surface area contributed by atoms with Crippen molar-refractivity contribution in [1.29, 1.82) is 0 Å². The number of hydrogen-bond acceptors (Lipinski definition) is 3. The second kappa shape index (κ2) is 5.42. The number of benzene rings is 1. The third kappa shape index (κ3) is 2.77. The summed E-state index contributed by atoms with van der Waals surface area (Å²) in [6.45, 7) is 0. The van der Waals surface area contributed by atoms with Crippen LogP contribution in [0.2, 0.25) is 10.0 Å². The fourth-order valence-electron chi connectivity index (χ4n) is 1.66. The molecule has 1 aromatic carbocycles. The second-order valence-corrected chi connectivity index (χ2v) is 4.59. The van der Waals surface area contributed by atoms with E-state index in [4.69, 9.17) is 28.3 Å². The van der Waals surface area contributed by atoms with Crippen molar-refractivity contribution in [1.82, 2.24) is 10.2 Å². The largest absolute Gasteiger partial charge is 0.477 e. The Morgan fingerprint density at radius 1 is 1.26 bits per heavy atom. The Hall–Kier alpha value is -1.85. The number of nitrogens with zero attached hydrogens (tertiary/aromatic N) is 1. The standard InChI is InChI=1S/C12H8Cl2N2O3/c13-7-2-1-3-8(14)10(7)9(17)4-6-5-15-16-11(6)12(18)19/h1-3,5H,4H2,(H,15,16)(H,18,19). The first kappa shape index (κ1) is 13.6. The lowest BCUT2D eigenvalue weighted by Gasteiger charge is -2.05. The summed E-state index contributed by atoms with van der Waals surface area (Å²) in [5.41, 5.74) is 0.355. The van der Waals surface area contributed by atoms with Gasteiger partial charge in [-0.05, 0) is 12.1 Å². The van der Waals surface area contributed by atoms with Crippen molar-refractivity contribution in [3.63, 3.8) is 0 Å². The Kier molecular flexibility index (Phi) is 3.87. The number of aromatic nitrogens is 2. The highest BCUT2D eigenvalue weighted by Gasteiger charge is 2.19. The SMILES string of the molecule is O=C(O)c1[nH]ncc1CC(=O)c1c(Cl)cccc1Cl. The second-order valence-electron chi connectivity index (χ2n) is 3.77. The Bertz CT molecular complexity index is 632. The summed E-state index contributed by atoms with van der Waals surface area (Å²) in [4.78, 5) is 23.0. The molecule has 0 unspecified atom stereocenters. The predicted molar refractivity (Wildman–Crippen MR) is 70.0 cm³/mol. The molecule has 0 radical (unpaired) electrons. The molecule has 0 spiro atoms. The fourth-order valence-corrected chi connectivity index (χ4v) is 2.26. The zero-order chi connectivity index (χ0) is 14.0. The van der Waals surface area contributed by atoms with Crippen LogP contribution in [0.4, 0.5) is 0 Å². The molecule has 0 aliphatic carbocycles. The van der Waals surface area contributed by atoms with Crippen molar-refractivity contribution in [2.75, 3.05) is 0 Å². The zero-order valence-corrected chi connectivity index (χ0v) is 11.0. The monoisotopic (exact) mass is 298 g/mol. The van der Waals surface area contributed by atoms with Gasteiger partial charge in [0.1, 0.15) is 5.69 Å². The number of nitrogens with one attached hydrogen (secondary N) is 1. The zero-order valence-electron chi connectivity index (χ0n) is 9.48. The topological polar surface area (TPSA) is 83.0 Å². The molecular formula is C12H8Cl2N2O3. The fraction of sp³-hybridized carbons (Fsp3) is 0.0833. The van der Waals surface area contributed by atoms with E-state index in [1.807, 2.05) is 0 Å². The van der Waals surface area contributed by atoms with Crippen molar-refractivity contribution in [2.45, 2.75) is 6.42 Å². The minimum atomic E-state index is -1.18. The van der Waals surface area contributed by atoms with Crippen molar-refractivity contribution in [3.05, 3.63) is 51.3 Å². The first-order valence-corrected chi connectivity index (χ1v) is 5.99. The Labute approximate surface area is 118 Å². The molecule has 98 valence electrons. The quantitative estimate of drug-likeness (QED) is 0.850. The average Bonchev–Trinajstić information content (AvgIpc) is 2.76. The van der Waals surface area contributed by atoms with E-state index in [1.165, 1.54) is 6.20 Å². The first-order chi connectivity index (χ1) is 9.00. The van der Waals surface area contributed by atoms with Crippen LogP contribution in [0.5, 0.6) is 0 Å². The number of carbonyl (C=O) groups excluding carboxylic acids is 1. The number of halogens is 2. The smallest absolute Gasteiger partial charge is 0.354 e. The summed E-state index contributed by atoms with van der Waals surface area (Å²) < 4.78 is 0. The van der Waals surface area contributed by atoms with Gasteiger partial charge in [0.05, 0.1) is 21.8 Å². The van der Waals surface area contributed by atoms with Crippen LogP contribution >= 0.6 is 23.2 Å². The maximum absolute atomic E-state index is 12.1. The highest BCUT2D eigenvalue weighted by molar-refractivity contribution is 6.39. The van der Waals surface area contributed by atoms with Gasteiger partial charge in [-0.3, -0.25) is 9.89 Å². The van der Waals surface area contributed by atoms with E-state index in [-0.39, 0.29) is 39.1 Å². The predicted octanol–water partition coefficient (Wildman–Crippen LogP) is 2.84. The van der Waals surface area contributed by atoms with Crippen molar-refractivity contribution >= 4 is 35.0 Å². The van der Waals surface area contributed by atoms with Gasteiger partial charge >= 0.3 is 5.97 Å². The van der Waals surface area contributed by atoms with Crippen LogP contribution in [0.25, 0.3) is 0 Å². The molecule has 0 aliphatic rings. The van der Waals surface area contributed by atoms with E-state index in [2.05, 4.69) is 10.2 Å². The maximum atomic E-state index is 12.1. The molecule has 0 aliphatic heterocycles. The van der Waals surface area contributed by atoms with E-state index in [9.17, 15) is 9.59 Å². The van der Waals surface area contributed by atoms with E-state index in [1.54, 1.807) is 18.2 Å². The van der Waals surface area contributed by atoms with Crippen molar-refractivity contribution < 1.29 is 14.7 Å². The molecule has 5 nitrogen and oxygen atoms in total. The number of ketones is 1. The van der Waals surface area contributed by atoms with Gasteiger partial charge < -0.3 is 5.11 Å². The summed E-state index contributed by atoms with van der Waals surface area (Å²) in [5, 5.41) is 15.3. The van der Waals surface area contributed by atoms with Crippen LogP contribution in [0.15, 0.2) is 24.4 Å². The minimum Gasteiger partial charge on any atom is -0.477 e. The van der Waals surface area contributed by atoms with Gasteiger partial charge in [-0.2, -0.15) is 5.10 Å². The lowest BCUT2D eigenvalue weighted by molar-refractivity contribution is 0.0689. The molecule has 7 heteroatoms. The molecule has 2 rings (SSSR count). The van der Waals surface area contributed by atoms with Crippen LogP contribution in [0.3, 0.4) is 0 Å². The average molecular weight is 299 g/mol. The van der Waals surface area contributed by atoms with Gasteiger partial charge in [0.15, 0.2) is 5.78 Å². The van der Waals surface area contributed by atoms with Crippen LogP contribution in [0, 0.1) is 0 Å². The highest BCUT2D eigenvalue weighted by Crippen LogP contribution is 2.26. The molecule has 19 heavy (non-hydrogen) atoms. The molecular weight excluding hydrogens is 291 g/mol. The molecule has 1 aromatic heterocycles. The molecule has 0 fully saturated rings. The Balaban J connectivity index is 2.31. The first-order valence-electron chi connectivity index (χ1n) is 5.23. The lowest BCUT2D eigenvalue weighted by atomic mass is 10.0. The summed E-state index contributed by atoms with van der Waals surface area (Å²) in [6.07, 6.45) is 1.16. The number of carboxylic acids is 1. The van der Waals surface area contributed by atoms with Gasteiger partial charge in [0.25, 0.3) is 0 Å². The molecule has 0 saturated heterocycles. The molecule has 2 N–H and O–H groups in total. The minimum absolute atomic E-state index is 0.114. The third-order valence-corrected chi connectivity index (χ3v) is 3.15. The number of aromatic carboxylic acids is 1. The molecule has 0 atom stereocenters. The summed E-state index contributed by atoms with van der Waals surface area (Å²) in [6, 6.07) is 4.73. The number of aromatic amines is 1. The van der Waals surface area contributed by atoms with E-state index >= 15 is 0 Å². The van der Waals surface area contributed by atoms with E-state index in [0.29, 0.717) is 0 Å². The maximum Gasteiger partial charge on any atom is 0.354 e. The number of hydrogen-bond donors (Lipinski definition) is 2. The summed E-state index contributed by atoms with van der Waals surface area (Å²) in [5.74, 6) is -1.54. The molecule has 0 bridgehead atoms. The van der Waals surface area contributed by atoms with Crippen LogP contribution in [-0.2, 0) is 6.42 Å². The number of rotatable bonds is 4. The van der Waals surface area contributed by atoms with E-state index in [0.717, 1.165) is 0 Å². The molecule has 2 aromatic rings. The van der Waals surface area contributed by atoms with Crippen LogP contribution < -0.4 is 0 Å². The number of H-pyrrole nitrogens is 1. The van der Waals surface area contributed by atoms with Gasteiger partial charge in [-0.15, -0.1) is 0 Å². The van der Waals surface area contributed by atoms with Gasteiger partial charge in [0.2, 0.25) is 0 Å². The van der Waals surface area contributed by atoms with Crippen molar-refractivity contribution in [3.8, 4) is 0 Å². The van der Waals surface area contributed by atoms with Gasteiger partial charge in [-0.25, -0.2) is 4.79 Å². The van der Waals surface area contributed by atoms with Crippen LogP contribution in [-0.4, -0.2) is 27.1 Å². The Morgan fingerprint density at radius 3 is 2.47 bits per heavy atom. The lowest BCUT2D eigenvalue weighted by Crippen LogP contribution is -2.09. The normalized spacial score (nSPS) is 10.4. The molecule has 0 saturated carbocycles. The van der Waals surface area contributed by atoms with Gasteiger partial charge in [-0.1, -0.05) is 29.3 Å². The summed E-state index contributed by atoms with van der Waals surface area (Å²) in [7, 11) is 0. The number of carbonyl (C=O) groups is 2. The highest BCUT2D eigenvalue weighted by atomic mass is 35.5. The molecule has 0 amide bonds. The van der Waals surface area contributed by atoms with Crippen molar-refractivity contribution in [2.24, 2.45) is 0 Å². The third-order valence-electron chi connectivity index (χ3n) is 2.52. The summed E-state index contributed by atoms with van der Waals surface area (Å²) >= 11 is 11.8. The van der Waals surface area contributed by atoms with E-state index < -0.39 is 5.97 Å². The number of Topliss-reactive ketones (excluding diaryl/α,β-unsaturated/α-hetero) is 1. The Morgan fingerprint density at radius 2 is 1.89 bits per heavy atom.